The molecule has 4 aromatic carbocycles. The predicted molar refractivity (Wildman–Crippen MR) is 280 cm³/mol. The van der Waals surface area contributed by atoms with Gasteiger partial charge in [0, 0.05) is 46.9 Å². The molecule has 10 heteroatoms. The molecule has 322 valence electrons. The fourth-order valence-electron chi connectivity index (χ4n) is 10.6. The molecular weight excluding hydrogens is 883 g/mol. The van der Waals surface area contributed by atoms with Crippen LogP contribution >= 0.6 is 56.7 Å². The number of rotatable bonds is 16. The van der Waals surface area contributed by atoms with Crippen molar-refractivity contribution in [2.45, 2.75) is 90.9 Å². The molecule has 2 amide bonds. The Kier molecular flexibility index (Phi) is 10.5. The zero-order chi connectivity index (χ0) is 43.1. The number of carbonyl (C=O) groups is 2. The molecule has 0 spiro atoms. The first kappa shape index (κ1) is 40.7. The SMILES string of the molecule is CCCCCCCCC(CCCCCC)CN1C(=O)c2c(-n3c4cc5ccsc5cc4c4cc5sccc5cc43)sc(-n3c4cc5ccsc5cc4c4cc5sccc5cc43)c2C1=O. The Balaban J connectivity index is 1.09. The van der Waals surface area contributed by atoms with E-state index in [1.807, 2.05) is 0 Å². The van der Waals surface area contributed by atoms with E-state index in [0.29, 0.717) is 17.7 Å². The maximum atomic E-state index is 15.6. The molecule has 8 heterocycles. The van der Waals surface area contributed by atoms with E-state index in [-0.39, 0.29) is 17.7 Å². The Morgan fingerprint density at radius 2 is 0.797 bits per heavy atom. The minimum Gasteiger partial charge on any atom is -0.300 e. The van der Waals surface area contributed by atoms with Gasteiger partial charge in [-0.15, -0.1) is 45.3 Å². The Bertz CT molecular complexity index is 3210. The maximum Gasteiger partial charge on any atom is 0.264 e. The summed E-state index contributed by atoms with van der Waals surface area (Å²) in [5, 5.41) is 19.7. The van der Waals surface area contributed by atoms with Crippen molar-refractivity contribution >= 4 is 152 Å². The highest BCUT2D eigenvalue weighted by molar-refractivity contribution is 7.19. The zero-order valence-corrected chi connectivity index (χ0v) is 40.3. The van der Waals surface area contributed by atoms with E-state index in [1.54, 1.807) is 61.6 Å². The topological polar surface area (TPSA) is 47.2 Å². The van der Waals surface area contributed by atoms with Gasteiger partial charge in [0.05, 0.1) is 33.2 Å². The minimum absolute atomic E-state index is 0.150. The molecule has 11 aromatic rings. The lowest BCUT2D eigenvalue weighted by atomic mass is 9.93. The second-order valence-corrected chi connectivity index (χ2v) is 22.7. The molecule has 7 aromatic heterocycles. The monoisotopic (exact) mass is 931 g/mol. The first-order valence-corrected chi connectivity index (χ1v) is 27.5. The smallest absolute Gasteiger partial charge is 0.264 e. The van der Waals surface area contributed by atoms with Crippen molar-refractivity contribution < 1.29 is 9.59 Å². The van der Waals surface area contributed by atoms with Crippen LogP contribution in [-0.4, -0.2) is 32.4 Å². The van der Waals surface area contributed by atoms with Crippen molar-refractivity contribution in [3.8, 4) is 10.0 Å². The van der Waals surface area contributed by atoms with E-state index >= 15 is 9.59 Å². The van der Waals surface area contributed by atoms with Gasteiger partial charge in [0.15, 0.2) is 0 Å². The average Bonchev–Trinajstić information content (AvgIpc) is 4.18. The number of aromatic nitrogens is 2. The standard InChI is InChI=1S/C54H49N3O2S5/c1-3-5-7-9-10-12-14-32(13-11-8-6-4-2)31-55-51(58)49-50(52(55)59)54(57-43-25-35-17-21-62-47(35)29-39(43)40-30-48-36(18-22-63-48)26-44(40)57)64-53(49)56-41-23-33-15-19-60-45(33)27-37(41)38-28-46-34(16-20-61-46)24-42(38)56/h15-30,32H,3-14,31H2,1-2H3. The molecule has 0 saturated carbocycles. The lowest BCUT2D eigenvalue weighted by Gasteiger charge is -2.23. The molecule has 0 radical (unpaired) electrons. The third-order valence-electron chi connectivity index (χ3n) is 13.9. The van der Waals surface area contributed by atoms with Gasteiger partial charge in [0.1, 0.15) is 10.0 Å². The summed E-state index contributed by atoms with van der Waals surface area (Å²) in [5.74, 6) is -0.0265. The van der Waals surface area contributed by atoms with Crippen molar-refractivity contribution in [2.75, 3.05) is 6.54 Å². The summed E-state index contributed by atoms with van der Waals surface area (Å²) in [6.45, 7) is 4.99. The van der Waals surface area contributed by atoms with E-state index < -0.39 is 0 Å². The van der Waals surface area contributed by atoms with Crippen LogP contribution in [0.5, 0.6) is 0 Å². The van der Waals surface area contributed by atoms with Gasteiger partial charge in [-0.3, -0.25) is 23.6 Å². The minimum atomic E-state index is -0.150. The highest BCUT2D eigenvalue weighted by Crippen LogP contribution is 2.49. The summed E-state index contributed by atoms with van der Waals surface area (Å²) in [4.78, 5) is 32.8. The third kappa shape index (κ3) is 6.61. The number of fused-ring (bicyclic) bond motifs is 11. The van der Waals surface area contributed by atoms with Crippen LogP contribution in [0.25, 0.3) is 94.0 Å². The van der Waals surface area contributed by atoms with Crippen LogP contribution in [0, 0.1) is 5.92 Å². The second kappa shape index (κ2) is 16.5. The van der Waals surface area contributed by atoms with Crippen LogP contribution in [0.15, 0.2) is 94.3 Å². The molecule has 0 bridgehead atoms. The molecule has 1 unspecified atom stereocenters. The molecule has 0 fully saturated rings. The summed E-state index contributed by atoms with van der Waals surface area (Å²) in [6, 6.07) is 27.3. The van der Waals surface area contributed by atoms with Crippen molar-refractivity contribution in [1.29, 1.82) is 0 Å². The summed E-state index contributed by atoms with van der Waals surface area (Å²) < 4.78 is 9.64. The fraction of sp³-hybridized carbons (Fsp3) is 0.296. The highest BCUT2D eigenvalue weighted by Gasteiger charge is 2.44. The van der Waals surface area contributed by atoms with Crippen LogP contribution < -0.4 is 0 Å². The van der Waals surface area contributed by atoms with Crippen LogP contribution in [0.3, 0.4) is 0 Å². The number of benzene rings is 4. The van der Waals surface area contributed by atoms with E-state index in [2.05, 4.69) is 117 Å². The fourth-order valence-corrected chi connectivity index (χ4v) is 15.2. The van der Waals surface area contributed by atoms with Crippen molar-refractivity contribution in [2.24, 2.45) is 5.92 Å². The summed E-state index contributed by atoms with van der Waals surface area (Å²) in [6.07, 6.45) is 14.2. The third-order valence-corrected chi connectivity index (χ3v) is 18.6. The number of thiophene rings is 5. The molecule has 1 aliphatic heterocycles. The van der Waals surface area contributed by atoms with Gasteiger partial charge in [-0.2, -0.15) is 0 Å². The van der Waals surface area contributed by atoms with E-state index in [4.69, 9.17) is 0 Å². The molecule has 5 nitrogen and oxygen atoms in total. The van der Waals surface area contributed by atoms with Gasteiger partial charge in [-0.05, 0) is 135 Å². The van der Waals surface area contributed by atoms with Crippen LogP contribution in [-0.2, 0) is 0 Å². The average molecular weight is 932 g/mol. The van der Waals surface area contributed by atoms with Gasteiger partial charge in [0.2, 0.25) is 0 Å². The first-order chi connectivity index (χ1) is 31.5. The number of hydrogen-bond donors (Lipinski definition) is 0. The van der Waals surface area contributed by atoms with Gasteiger partial charge in [-0.1, -0.05) is 89.4 Å². The molecule has 0 saturated heterocycles. The van der Waals surface area contributed by atoms with Gasteiger partial charge in [-0.25, -0.2) is 0 Å². The highest BCUT2D eigenvalue weighted by atomic mass is 32.1. The second-order valence-electron chi connectivity index (χ2n) is 17.9. The number of amides is 2. The number of unbranched alkanes of at least 4 members (excludes halogenated alkanes) is 8. The Morgan fingerprint density at radius 1 is 0.453 bits per heavy atom. The Morgan fingerprint density at radius 3 is 1.17 bits per heavy atom. The van der Waals surface area contributed by atoms with E-state index in [1.165, 1.54) is 113 Å². The normalized spacial score (nSPS) is 13.9. The maximum absolute atomic E-state index is 15.6. The lowest BCUT2D eigenvalue weighted by molar-refractivity contribution is 0.0621. The molecule has 1 atom stereocenters. The van der Waals surface area contributed by atoms with E-state index in [9.17, 15) is 0 Å². The molecular formula is C54H49N3O2S5. The van der Waals surface area contributed by atoms with Crippen molar-refractivity contribution in [3.05, 3.63) is 105 Å². The van der Waals surface area contributed by atoms with Crippen LogP contribution in [0.4, 0.5) is 0 Å². The van der Waals surface area contributed by atoms with E-state index in [0.717, 1.165) is 57.8 Å². The van der Waals surface area contributed by atoms with Crippen molar-refractivity contribution in [1.82, 2.24) is 14.0 Å². The molecule has 64 heavy (non-hydrogen) atoms. The summed E-state index contributed by atoms with van der Waals surface area (Å²) in [5.41, 5.74) is 5.34. The summed E-state index contributed by atoms with van der Waals surface area (Å²) >= 11 is 8.65. The molecule has 0 aliphatic carbocycles. The molecule has 0 N–H and O–H groups in total. The van der Waals surface area contributed by atoms with Gasteiger partial charge >= 0.3 is 0 Å². The largest absolute Gasteiger partial charge is 0.300 e. The predicted octanol–water partition coefficient (Wildman–Crippen LogP) is 17.7. The van der Waals surface area contributed by atoms with Crippen molar-refractivity contribution in [3.63, 3.8) is 0 Å². The summed E-state index contributed by atoms with van der Waals surface area (Å²) in [7, 11) is 0. The number of imide groups is 1. The van der Waals surface area contributed by atoms with Crippen LogP contribution in [0.2, 0.25) is 0 Å². The molecule has 1 aliphatic rings. The Labute approximate surface area is 392 Å². The zero-order valence-electron chi connectivity index (χ0n) is 36.2. The number of nitrogens with zero attached hydrogens (tertiary/aromatic N) is 3. The molecule has 12 rings (SSSR count). The number of hydrogen-bond acceptors (Lipinski definition) is 7. The Hall–Kier alpha value is -4.84. The number of carbonyl (C=O) groups excluding carboxylic acids is 2. The van der Waals surface area contributed by atoms with Gasteiger partial charge in [0.25, 0.3) is 11.8 Å². The van der Waals surface area contributed by atoms with Crippen LogP contribution in [0.1, 0.15) is 112 Å². The quantitative estimate of drug-likeness (QED) is 0.0716. The first-order valence-electron chi connectivity index (χ1n) is 23.2. The lowest BCUT2D eigenvalue weighted by Crippen LogP contribution is -2.35. The van der Waals surface area contributed by atoms with Gasteiger partial charge < -0.3 is 0 Å².